The Kier molecular flexibility index (Phi) is 10.4. The number of rotatable bonds is 11. The van der Waals surface area contributed by atoms with Crippen LogP contribution in [0.1, 0.15) is 43.2 Å². The van der Waals surface area contributed by atoms with Gasteiger partial charge >= 0.3 is 0 Å². The van der Waals surface area contributed by atoms with Gasteiger partial charge in [-0.05, 0) is 43.5 Å². The summed E-state index contributed by atoms with van der Waals surface area (Å²) in [5.74, 6) is -1.81. The summed E-state index contributed by atoms with van der Waals surface area (Å²) in [7, 11) is 3.23. The number of likely N-dealkylation sites (N-methyl/N-ethyl adjacent to an activating group) is 2. The van der Waals surface area contributed by atoms with E-state index in [0.717, 1.165) is 22.0 Å². The molecule has 4 amide bonds. The van der Waals surface area contributed by atoms with Crippen molar-refractivity contribution >= 4 is 34.5 Å². The van der Waals surface area contributed by atoms with Gasteiger partial charge in [-0.2, -0.15) is 0 Å². The number of para-hydroxylation sites is 1. The number of aromatic amines is 1. The third kappa shape index (κ3) is 6.99. The highest BCUT2D eigenvalue weighted by Crippen LogP contribution is 2.35. The molecule has 10 nitrogen and oxygen atoms in total. The number of carbonyl (C=O) groups is 4. The van der Waals surface area contributed by atoms with E-state index in [2.05, 4.69) is 20.9 Å². The highest BCUT2D eigenvalue weighted by molar-refractivity contribution is 5.93. The molecular weight excluding hydrogens is 532 g/mol. The van der Waals surface area contributed by atoms with Crippen LogP contribution in [0.3, 0.4) is 0 Å². The Morgan fingerprint density at radius 3 is 2.50 bits per heavy atom. The predicted octanol–water partition coefficient (Wildman–Crippen LogP) is 2.20. The topological polar surface area (TPSA) is 127 Å². The zero-order chi connectivity index (χ0) is 30.2. The lowest BCUT2D eigenvalue weighted by molar-refractivity contribution is -0.141. The lowest BCUT2D eigenvalue weighted by Crippen LogP contribution is -2.56. The quantitative estimate of drug-likeness (QED) is 0.279. The zero-order valence-corrected chi connectivity index (χ0v) is 24.9. The Labute approximate surface area is 247 Å². The summed E-state index contributed by atoms with van der Waals surface area (Å²) in [5, 5.41) is 9.67. The number of nitrogens with zero attached hydrogens (tertiary/aromatic N) is 2. The van der Waals surface area contributed by atoms with Gasteiger partial charge in [0.2, 0.25) is 23.6 Å². The number of H-pyrrole nitrogens is 1. The molecule has 1 aliphatic heterocycles. The SMILES string of the molecule is CCNC(=O)C1CN(C(=O)C(NC(=O)CN(C)C(=O)CNC)C(C)c2c[nH]c3ccccc23)CCC1c1ccccc1. The third-order valence-electron chi connectivity index (χ3n) is 8.17. The molecule has 4 atom stereocenters. The van der Waals surface area contributed by atoms with Crippen molar-refractivity contribution < 1.29 is 19.2 Å². The van der Waals surface area contributed by atoms with Gasteiger partial charge in [0.15, 0.2) is 0 Å². The fourth-order valence-corrected chi connectivity index (χ4v) is 5.88. The van der Waals surface area contributed by atoms with Gasteiger partial charge < -0.3 is 30.7 Å². The van der Waals surface area contributed by atoms with Crippen LogP contribution in [0, 0.1) is 5.92 Å². The van der Waals surface area contributed by atoms with Gasteiger partial charge in [0.1, 0.15) is 6.04 Å². The van der Waals surface area contributed by atoms with E-state index >= 15 is 0 Å². The van der Waals surface area contributed by atoms with Crippen molar-refractivity contribution in [2.75, 3.05) is 46.8 Å². The minimum Gasteiger partial charge on any atom is -0.361 e. The molecule has 4 N–H and O–H groups in total. The Bertz CT molecular complexity index is 1390. The minimum absolute atomic E-state index is 0.0206. The van der Waals surface area contributed by atoms with Gasteiger partial charge in [-0.25, -0.2) is 0 Å². The average Bonchev–Trinajstić information content (AvgIpc) is 3.44. The molecule has 42 heavy (non-hydrogen) atoms. The lowest BCUT2D eigenvalue weighted by Gasteiger charge is -2.40. The van der Waals surface area contributed by atoms with Gasteiger partial charge in [-0.1, -0.05) is 55.5 Å². The lowest BCUT2D eigenvalue weighted by atomic mass is 9.79. The van der Waals surface area contributed by atoms with Crippen LogP contribution in [0.25, 0.3) is 10.9 Å². The molecule has 2 aromatic carbocycles. The van der Waals surface area contributed by atoms with Gasteiger partial charge in [-0.3, -0.25) is 19.2 Å². The van der Waals surface area contributed by atoms with Crippen LogP contribution in [0.2, 0.25) is 0 Å². The minimum atomic E-state index is -0.896. The molecular formula is C32H42N6O4. The van der Waals surface area contributed by atoms with Gasteiger partial charge in [0.05, 0.1) is 19.0 Å². The number of benzene rings is 2. The maximum Gasteiger partial charge on any atom is 0.245 e. The van der Waals surface area contributed by atoms with Crippen LogP contribution in [0.15, 0.2) is 60.8 Å². The number of fused-ring (bicyclic) bond motifs is 1. The number of hydrogen-bond donors (Lipinski definition) is 4. The molecule has 3 aromatic rings. The van der Waals surface area contributed by atoms with E-state index in [4.69, 9.17) is 0 Å². The van der Waals surface area contributed by atoms with Crippen LogP contribution in [0.5, 0.6) is 0 Å². The smallest absolute Gasteiger partial charge is 0.245 e. The molecule has 10 heteroatoms. The second kappa shape index (κ2) is 14.1. The maximum absolute atomic E-state index is 14.3. The summed E-state index contributed by atoms with van der Waals surface area (Å²) >= 11 is 0. The number of piperidine rings is 1. The first-order valence-corrected chi connectivity index (χ1v) is 14.6. The molecule has 0 aliphatic carbocycles. The molecule has 0 radical (unpaired) electrons. The number of amides is 4. The second-order valence-corrected chi connectivity index (χ2v) is 11.0. The summed E-state index contributed by atoms with van der Waals surface area (Å²) in [6.45, 7) is 4.94. The van der Waals surface area contributed by atoms with Crippen LogP contribution >= 0.6 is 0 Å². The van der Waals surface area contributed by atoms with Crippen molar-refractivity contribution in [2.45, 2.75) is 38.1 Å². The van der Waals surface area contributed by atoms with E-state index in [1.54, 1.807) is 19.0 Å². The number of hydrogen-bond acceptors (Lipinski definition) is 5. The molecule has 0 spiro atoms. The molecule has 1 saturated heterocycles. The van der Waals surface area contributed by atoms with E-state index in [9.17, 15) is 19.2 Å². The van der Waals surface area contributed by atoms with Crippen LogP contribution in [-0.2, 0) is 19.2 Å². The summed E-state index contributed by atoms with van der Waals surface area (Å²) in [4.78, 5) is 59.3. The van der Waals surface area contributed by atoms with Crippen LogP contribution in [-0.4, -0.2) is 91.3 Å². The molecule has 0 bridgehead atoms. The van der Waals surface area contributed by atoms with E-state index in [-0.39, 0.29) is 49.2 Å². The van der Waals surface area contributed by atoms with E-state index in [0.29, 0.717) is 19.5 Å². The molecule has 4 unspecified atom stereocenters. The maximum atomic E-state index is 14.3. The number of aromatic nitrogens is 1. The number of likely N-dealkylation sites (tertiary alicyclic amines) is 1. The molecule has 1 aliphatic rings. The van der Waals surface area contributed by atoms with Crippen molar-refractivity contribution in [3.63, 3.8) is 0 Å². The molecule has 1 aromatic heterocycles. The van der Waals surface area contributed by atoms with Crippen molar-refractivity contribution in [1.29, 1.82) is 0 Å². The fourth-order valence-electron chi connectivity index (χ4n) is 5.88. The fraction of sp³-hybridized carbons (Fsp3) is 0.438. The van der Waals surface area contributed by atoms with E-state index in [1.807, 2.05) is 74.6 Å². The van der Waals surface area contributed by atoms with E-state index < -0.39 is 17.9 Å². The Hall–Kier alpha value is -4.18. The zero-order valence-electron chi connectivity index (χ0n) is 24.9. The predicted molar refractivity (Wildman–Crippen MR) is 163 cm³/mol. The summed E-state index contributed by atoms with van der Waals surface area (Å²) in [5.41, 5.74) is 2.92. The standard InChI is InChI=1S/C32H42N6O4/c1-5-34-31(41)26-19-38(16-15-23(26)22-11-7-6-8-12-22)32(42)30(36-28(39)20-37(4)29(40)18-33-3)21(2)25-17-35-27-14-10-9-13-24(25)27/h6-14,17,21,23,26,30,33,35H,5,15-16,18-20H2,1-4H3,(H,34,41)(H,36,39). The van der Waals surface area contributed by atoms with Crippen molar-refractivity contribution in [3.8, 4) is 0 Å². The van der Waals surface area contributed by atoms with Gasteiger partial charge in [0.25, 0.3) is 0 Å². The number of nitrogens with one attached hydrogen (secondary N) is 4. The summed E-state index contributed by atoms with van der Waals surface area (Å²) in [6.07, 6.45) is 2.50. The first-order valence-electron chi connectivity index (χ1n) is 14.6. The van der Waals surface area contributed by atoms with Crippen molar-refractivity contribution in [3.05, 3.63) is 71.9 Å². The van der Waals surface area contributed by atoms with E-state index in [1.165, 1.54) is 4.90 Å². The molecule has 2 heterocycles. The van der Waals surface area contributed by atoms with Gasteiger partial charge in [0, 0.05) is 49.7 Å². The normalized spacial score (nSPS) is 18.2. The molecule has 4 rings (SSSR count). The first kappa shape index (κ1) is 30.8. The summed E-state index contributed by atoms with van der Waals surface area (Å²) in [6, 6.07) is 16.9. The highest BCUT2D eigenvalue weighted by atomic mass is 16.2. The second-order valence-electron chi connectivity index (χ2n) is 11.0. The monoisotopic (exact) mass is 574 g/mol. The molecule has 224 valence electrons. The summed E-state index contributed by atoms with van der Waals surface area (Å²) < 4.78 is 0. The Morgan fingerprint density at radius 2 is 1.79 bits per heavy atom. The Morgan fingerprint density at radius 1 is 1.07 bits per heavy atom. The van der Waals surface area contributed by atoms with Gasteiger partial charge in [-0.15, -0.1) is 0 Å². The van der Waals surface area contributed by atoms with Crippen molar-refractivity contribution in [1.82, 2.24) is 30.7 Å². The average molecular weight is 575 g/mol. The first-order chi connectivity index (χ1) is 20.2. The molecule has 1 fully saturated rings. The third-order valence-corrected chi connectivity index (χ3v) is 8.17. The highest BCUT2D eigenvalue weighted by Gasteiger charge is 2.40. The van der Waals surface area contributed by atoms with Crippen molar-refractivity contribution in [2.24, 2.45) is 5.92 Å². The largest absolute Gasteiger partial charge is 0.361 e. The molecule has 0 saturated carbocycles. The Balaban J connectivity index is 1.61. The van der Waals surface area contributed by atoms with Crippen LogP contribution < -0.4 is 16.0 Å². The number of carbonyl (C=O) groups excluding carboxylic acids is 4. The van der Waals surface area contributed by atoms with Crippen LogP contribution in [0.4, 0.5) is 0 Å².